The summed E-state index contributed by atoms with van der Waals surface area (Å²) in [4.78, 5) is 25.3. The number of rotatable bonds is 4. The van der Waals surface area contributed by atoms with Gasteiger partial charge in [0, 0.05) is 6.54 Å². The van der Waals surface area contributed by atoms with Crippen molar-refractivity contribution in [1.82, 2.24) is 9.80 Å². The molecule has 0 aromatic heterocycles. The molecule has 0 aliphatic carbocycles. The summed E-state index contributed by atoms with van der Waals surface area (Å²) < 4.78 is 0. The number of carbonyl (C=O) groups excluding carboxylic acids is 2. The van der Waals surface area contributed by atoms with E-state index in [1.165, 1.54) is 0 Å². The molecule has 1 aliphatic rings. The molecule has 4 nitrogen and oxygen atoms in total. The Hall–Kier alpha value is -1.58. The van der Waals surface area contributed by atoms with Crippen LogP contribution in [0.15, 0.2) is 25.6 Å². The number of aldehydes is 1. The molecule has 1 aliphatic heterocycles. The summed E-state index contributed by atoms with van der Waals surface area (Å²) >= 11 is 0. The molecule has 1 heterocycles. The Morgan fingerprint density at radius 2 is 2.07 bits per heavy atom. The number of carbonyl (C=O) groups is 2. The van der Waals surface area contributed by atoms with E-state index in [0.717, 1.165) is 6.54 Å². The maximum absolute atomic E-state index is 11.2. The second-order valence-corrected chi connectivity index (χ2v) is 3.16. The molecule has 1 unspecified atom stereocenters. The summed E-state index contributed by atoms with van der Waals surface area (Å²) in [6.45, 7) is 8.59. The number of hydrogen-bond acceptors (Lipinski definition) is 4. The van der Waals surface area contributed by atoms with Gasteiger partial charge in [0.25, 0.3) is 0 Å². The van der Waals surface area contributed by atoms with E-state index in [9.17, 15) is 9.59 Å². The fraction of sp³-hybridized carbons (Fsp3) is 0.400. The quantitative estimate of drug-likeness (QED) is 0.479. The molecule has 0 amide bonds. The van der Waals surface area contributed by atoms with Crippen molar-refractivity contribution in [3.05, 3.63) is 25.6 Å². The molecule has 1 fully saturated rings. The molecule has 14 heavy (non-hydrogen) atoms. The molecule has 76 valence electrons. The Balaban J connectivity index is 2.69. The first-order valence-electron chi connectivity index (χ1n) is 4.47. The van der Waals surface area contributed by atoms with Crippen LogP contribution in [-0.4, -0.2) is 41.1 Å². The molecule has 0 saturated carbocycles. The molecule has 0 spiro atoms. The lowest BCUT2D eigenvalue weighted by Crippen LogP contribution is -2.49. The van der Waals surface area contributed by atoms with Gasteiger partial charge in [-0.1, -0.05) is 13.2 Å². The molecule has 0 bridgehead atoms. The minimum absolute atomic E-state index is 0.346. The zero-order chi connectivity index (χ0) is 10.6. The van der Waals surface area contributed by atoms with Gasteiger partial charge in [0.2, 0.25) is 5.78 Å². The third-order valence-electron chi connectivity index (χ3n) is 2.37. The van der Waals surface area contributed by atoms with Gasteiger partial charge in [0.1, 0.15) is 0 Å². The standard InChI is InChI=1S/C10H14N2O2/c1-3-11-6-5-9(10(14)7-13)12(4-2)8-11/h3-4,7,9H,1-2,5-6,8H2. The van der Waals surface area contributed by atoms with E-state index in [0.29, 0.717) is 19.4 Å². The number of ketones is 1. The number of nitrogens with zero attached hydrogens (tertiary/aromatic N) is 2. The maximum Gasteiger partial charge on any atom is 0.217 e. The van der Waals surface area contributed by atoms with Crippen LogP contribution in [0, 0.1) is 0 Å². The van der Waals surface area contributed by atoms with Gasteiger partial charge >= 0.3 is 0 Å². The first-order chi connectivity index (χ1) is 6.72. The predicted molar refractivity (Wildman–Crippen MR) is 53.3 cm³/mol. The van der Waals surface area contributed by atoms with Gasteiger partial charge in [-0.25, -0.2) is 0 Å². The van der Waals surface area contributed by atoms with Crippen LogP contribution in [0.25, 0.3) is 0 Å². The number of Topliss-reactive ketones (excluding diaryl/α,β-unsaturated/α-hetero) is 1. The van der Waals surface area contributed by atoms with E-state index in [2.05, 4.69) is 13.2 Å². The Bertz CT molecular complexity index is 263. The zero-order valence-electron chi connectivity index (χ0n) is 8.06. The maximum atomic E-state index is 11.2. The molecule has 0 radical (unpaired) electrons. The third-order valence-corrected chi connectivity index (χ3v) is 2.37. The van der Waals surface area contributed by atoms with Gasteiger partial charge < -0.3 is 9.80 Å². The van der Waals surface area contributed by atoms with E-state index < -0.39 is 0 Å². The van der Waals surface area contributed by atoms with Crippen molar-refractivity contribution in [2.75, 3.05) is 13.2 Å². The normalized spacial score (nSPS) is 21.6. The van der Waals surface area contributed by atoms with Crippen molar-refractivity contribution in [3.8, 4) is 0 Å². The Morgan fingerprint density at radius 1 is 1.36 bits per heavy atom. The summed E-state index contributed by atoms with van der Waals surface area (Å²) in [5.74, 6) is -0.381. The molecule has 1 saturated heterocycles. The molecule has 1 atom stereocenters. The van der Waals surface area contributed by atoms with E-state index in [4.69, 9.17) is 0 Å². The molecule has 0 aromatic rings. The van der Waals surface area contributed by atoms with Gasteiger partial charge in [-0.3, -0.25) is 9.59 Å². The van der Waals surface area contributed by atoms with Gasteiger partial charge in [-0.05, 0) is 18.8 Å². The van der Waals surface area contributed by atoms with Crippen LogP contribution < -0.4 is 0 Å². The summed E-state index contributed by atoms with van der Waals surface area (Å²) in [6, 6.07) is -0.346. The van der Waals surface area contributed by atoms with Crippen LogP contribution in [0.3, 0.4) is 0 Å². The van der Waals surface area contributed by atoms with Crippen LogP contribution in [0.5, 0.6) is 0 Å². The lowest BCUT2D eigenvalue weighted by atomic mass is 10.1. The fourth-order valence-electron chi connectivity index (χ4n) is 1.55. The van der Waals surface area contributed by atoms with E-state index >= 15 is 0 Å². The molecular weight excluding hydrogens is 180 g/mol. The van der Waals surface area contributed by atoms with Crippen molar-refractivity contribution < 1.29 is 9.59 Å². The Kier molecular flexibility index (Phi) is 3.45. The van der Waals surface area contributed by atoms with Gasteiger partial charge in [-0.2, -0.15) is 0 Å². The highest BCUT2D eigenvalue weighted by atomic mass is 16.2. The molecule has 1 rings (SSSR count). The SMILES string of the molecule is C=CN1CCC(C(=O)C=O)N(C=C)C1. The van der Waals surface area contributed by atoms with Crippen molar-refractivity contribution in [1.29, 1.82) is 0 Å². The summed E-state index contributed by atoms with van der Waals surface area (Å²) in [7, 11) is 0. The predicted octanol–water partition coefficient (Wildman–Crippen LogP) is 0.375. The topological polar surface area (TPSA) is 40.6 Å². The summed E-state index contributed by atoms with van der Waals surface area (Å²) in [6.07, 6.45) is 4.32. The first kappa shape index (κ1) is 10.5. The van der Waals surface area contributed by atoms with E-state index in [1.54, 1.807) is 17.3 Å². The van der Waals surface area contributed by atoms with Crippen molar-refractivity contribution >= 4 is 12.1 Å². The molecule has 0 N–H and O–H groups in total. The highest BCUT2D eigenvalue weighted by molar-refractivity contribution is 6.27. The number of hydrogen-bond donors (Lipinski definition) is 0. The second-order valence-electron chi connectivity index (χ2n) is 3.16. The molecule has 4 heteroatoms. The van der Waals surface area contributed by atoms with Crippen LogP contribution in [0.4, 0.5) is 0 Å². The zero-order valence-corrected chi connectivity index (χ0v) is 8.06. The van der Waals surface area contributed by atoms with Crippen molar-refractivity contribution in [3.63, 3.8) is 0 Å². The average Bonchev–Trinajstić information content (AvgIpc) is 2.27. The lowest BCUT2D eigenvalue weighted by Gasteiger charge is -2.38. The molecular formula is C10H14N2O2. The molecule has 0 aromatic carbocycles. The largest absolute Gasteiger partial charge is 0.360 e. The van der Waals surface area contributed by atoms with Crippen LogP contribution >= 0.6 is 0 Å². The average molecular weight is 194 g/mol. The summed E-state index contributed by atoms with van der Waals surface area (Å²) in [5, 5.41) is 0. The van der Waals surface area contributed by atoms with Gasteiger partial charge in [0.15, 0.2) is 6.29 Å². The minimum atomic E-state index is -0.381. The monoisotopic (exact) mass is 194 g/mol. The third kappa shape index (κ3) is 2.02. The second kappa shape index (κ2) is 4.60. The highest BCUT2D eigenvalue weighted by Crippen LogP contribution is 2.14. The van der Waals surface area contributed by atoms with Crippen LogP contribution in [0.1, 0.15) is 6.42 Å². The van der Waals surface area contributed by atoms with Gasteiger partial charge in [0.05, 0.1) is 12.7 Å². The van der Waals surface area contributed by atoms with Crippen molar-refractivity contribution in [2.24, 2.45) is 0 Å². The Labute approximate surface area is 83.5 Å². The smallest absolute Gasteiger partial charge is 0.217 e. The Morgan fingerprint density at radius 3 is 2.57 bits per heavy atom. The summed E-state index contributed by atoms with van der Waals surface area (Å²) in [5.41, 5.74) is 0. The first-order valence-corrected chi connectivity index (χ1v) is 4.47. The fourth-order valence-corrected chi connectivity index (χ4v) is 1.55. The minimum Gasteiger partial charge on any atom is -0.360 e. The van der Waals surface area contributed by atoms with E-state index in [1.807, 2.05) is 4.90 Å². The van der Waals surface area contributed by atoms with Crippen LogP contribution in [0.2, 0.25) is 0 Å². The van der Waals surface area contributed by atoms with Gasteiger partial charge in [-0.15, -0.1) is 0 Å². The lowest BCUT2D eigenvalue weighted by molar-refractivity contribution is -0.134. The highest BCUT2D eigenvalue weighted by Gasteiger charge is 2.27. The van der Waals surface area contributed by atoms with E-state index in [-0.39, 0.29) is 11.8 Å². The van der Waals surface area contributed by atoms with Crippen LogP contribution in [-0.2, 0) is 9.59 Å². The van der Waals surface area contributed by atoms with Crippen molar-refractivity contribution in [2.45, 2.75) is 12.5 Å².